The summed E-state index contributed by atoms with van der Waals surface area (Å²) in [5.74, 6) is 0. The minimum atomic E-state index is -1.80. The molecule has 6 heteroatoms. The van der Waals surface area contributed by atoms with E-state index in [0.717, 1.165) is 0 Å². The molecular weight excluding hydrogens is 228 g/mol. The van der Waals surface area contributed by atoms with Crippen molar-refractivity contribution in [2.45, 2.75) is 46.3 Å². The van der Waals surface area contributed by atoms with Crippen LogP contribution in [0.1, 0.15) is 26.7 Å². The van der Waals surface area contributed by atoms with Crippen molar-refractivity contribution in [3.8, 4) is 0 Å². The summed E-state index contributed by atoms with van der Waals surface area (Å²) in [6, 6.07) is 0. The quantitative estimate of drug-likeness (QED) is 0.565. The van der Waals surface area contributed by atoms with Crippen LogP contribution in [-0.4, -0.2) is 41.8 Å². The zero-order valence-electron chi connectivity index (χ0n) is 10.7. The summed E-state index contributed by atoms with van der Waals surface area (Å²) in [7, 11) is -2.68. The highest BCUT2D eigenvalue weighted by atomic mass is 28.3. The van der Waals surface area contributed by atoms with Crippen LogP contribution in [-0.2, 0) is 8.85 Å². The van der Waals surface area contributed by atoms with Gasteiger partial charge in [0.05, 0.1) is 13.2 Å². The average Bonchev–Trinajstić information content (AvgIpc) is 2.12. The Bertz CT molecular complexity index is 90.1. The van der Waals surface area contributed by atoms with Gasteiger partial charge >= 0.3 is 9.28 Å². The van der Waals surface area contributed by atoms with E-state index in [9.17, 15) is 0 Å². The van der Waals surface area contributed by atoms with Gasteiger partial charge in [-0.2, -0.15) is 0 Å². The smallest absolute Gasteiger partial charge is 0.315 e. The summed E-state index contributed by atoms with van der Waals surface area (Å²) < 4.78 is 10.3. The largest absolute Gasteiger partial charge is 0.418 e. The van der Waals surface area contributed by atoms with Gasteiger partial charge in [0, 0.05) is 0 Å². The highest BCUT2D eigenvalue weighted by Gasteiger charge is 1.98. The lowest BCUT2D eigenvalue weighted by Gasteiger charge is -2.07. The first-order valence-electron chi connectivity index (χ1n) is 5.45. The Balaban J connectivity index is -0.000000249. The molecular formula is C9H28O4Si2. The third kappa shape index (κ3) is 31.4. The van der Waals surface area contributed by atoms with Gasteiger partial charge in [-0.25, -0.2) is 0 Å². The van der Waals surface area contributed by atoms with Crippen LogP contribution in [0.3, 0.4) is 0 Å². The van der Waals surface area contributed by atoms with Crippen molar-refractivity contribution >= 4 is 18.3 Å². The van der Waals surface area contributed by atoms with E-state index >= 15 is 0 Å². The van der Waals surface area contributed by atoms with Gasteiger partial charge in [0.2, 0.25) is 0 Å². The lowest BCUT2D eigenvalue weighted by molar-refractivity contribution is 0.195. The lowest BCUT2D eigenvalue weighted by Crippen LogP contribution is -2.19. The molecule has 0 amide bonds. The van der Waals surface area contributed by atoms with Crippen LogP contribution in [0.15, 0.2) is 0 Å². The van der Waals surface area contributed by atoms with Gasteiger partial charge in [-0.15, -0.1) is 0 Å². The maximum absolute atomic E-state index is 8.79. The van der Waals surface area contributed by atoms with E-state index in [1.807, 2.05) is 0 Å². The fourth-order valence-electron chi connectivity index (χ4n) is 0.502. The van der Waals surface area contributed by atoms with E-state index in [1.165, 1.54) is 12.8 Å². The van der Waals surface area contributed by atoms with E-state index in [2.05, 4.69) is 26.9 Å². The van der Waals surface area contributed by atoms with Gasteiger partial charge in [0.25, 0.3) is 0 Å². The Morgan fingerprint density at radius 3 is 1.60 bits per heavy atom. The predicted molar refractivity (Wildman–Crippen MR) is 70.2 cm³/mol. The summed E-state index contributed by atoms with van der Waals surface area (Å²) in [6.45, 7) is 11.5. The van der Waals surface area contributed by atoms with Gasteiger partial charge in [-0.05, 0) is 19.6 Å². The zero-order chi connectivity index (χ0) is 11.4. The monoisotopic (exact) mass is 256 g/mol. The SMILES string of the molecule is CCCC.C[SiH](C)OCCO[SiH](C)O.O. The first kappa shape index (κ1) is 20.7. The Kier molecular flexibility index (Phi) is 23.0. The molecule has 0 aromatic rings. The molecule has 0 saturated heterocycles. The van der Waals surface area contributed by atoms with E-state index < -0.39 is 18.3 Å². The number of rotatable bonds is 6. The molecule has 0 radical (unpaired) electrons. The van der Waals surface area contributed by atoms with Crippen LogP contribution >= 0.6 is 0 Å². The Hall–Kier alpha value is 0.274. The lowest BCUT2D eigenvalue weighted by atomic mass is 10.4. The predicted octanol–water partition coefficient (Wildman–Crippen LogP) is 0.827. The van der Waals surface area contributed by atoms with Gasteiger partial charge in [0.15, 0.2) is 9.04 Å². The van der Waals surface area contributed by atoms with Crippen molar-refractivity contribution in [2.24, 2.45) is 0 Å². The van der Waals surface area contributed by atoms with Crippen LogP contribution in [0.5, 0.6) is 0 Å². The van der Waals surface area contributed by atoms with E-state index in [-0.39, 0.29) is 5.48 Å². The molecule has 96 valence electrons. The highest BCUT2D eigenvalue weighted by Crippen LogP contribution is 1.85. The molecule has 0 spiro atoms. The van der Waals surface area contributed by atoms with Gasteiger partial charge in [-0.1, -0.05) is 26.7 Å². The molecule has 0 fully saturated rings. The molecule has 3 N–H and O–H groups in total. The zero-order valence-corrected chi connectivity index (χ0v) is 13.1. The van der Waals surface area contributed by atoms with Gasteiger partial charge in [-0.3, -0.25) is 0 Å². The van der Waals surface area contributed by atoms with Crippen molar-refractivity contribution in [3.63, 3.8) is 0 Å². The first-order chi connectivity index (χ1) is 6.54. The molecule has 0 aliphatic rings. The maximum atomic E-state index is 8.79. The van der Waals surface area contributed by atoms with Gasteiger partial charge < -0.3 is 19.1 Å². The molecule has 15 heavy (non-hydrogen) atoms. The van der Waals surface area contributed by atoms with E-state index in [0.29, 0.717) is 13.2 Å². The van der Waals surface area contributed by atoms with Crippen LogP contribution < -0.4 is 0 Å². The van der Waals surface area contributed by atoms with Crippen molar-refractivity contribution < 1.29 is 19.1 Å². The minimum absolute atomic E-state index is 0. The normalized spacial score (nSPS) is 11.4. The summed E-state index contributed by atoms with van der Waals surface area (Å²) in [5, 5.41) is 0. The molecule has 0 saturated carbocycles. The molecule has 0 bridgehead atoms. The molecule has 0 aliphatic heterocycles. The van der Waals surface area contributed by atoms with Crippen LogP contribution in [0.4, 0.5) is 0 Å². The molecule has 0 aromatic carbocycles. The average molecular weight is 256 g/mol. The Morgan fingerprint density at radius 2 is 1.33 bits per heavy atom. The van der Waals surface area contributed by atoms with Crippen molar-refractivity contribution in [3.05, 3.63) is 0 Å². The van der Waals surface area contributed by atoms with Gasteiger partial charge in [0.1, 0.15) is 0 Å². The summed E-state index contributed by atoms with van der Waals surface area (Å²) >= 11 is 0. The molecule has 0 aromatic heterocycles. The van der Waals surface area contributed by atoms with Crippen molar-refractivity contribution in [1.29, 1.82) is 0 Å². The molecule has 1 atom stereocenters. The summed E-state index contributed by atoms with van der Waals surface area (Å²) in [5.41, 5.74) is 0. The Labute approximate surface area is 97.5 Å². The molecule has 0 rings (SSSR count). The van der Waals surface area contributed by atoms with Crippen LogP contribution in [0.2, 0.25) is 19.6 Å². The summed E-state index contributed by atoms with van der Waals surface area (Å²) in [6.07, 6.45) is 2.64. The second-order valence-electron chi connectivity index (χ2n) is 3.39. The second kappa shape index (κ2) is 16.7. The topological polar surface area (TPSA) is 70.2 Å². The number of hydrogen-bond acceptors (Lipinski definition) is 3. The molecule has 0 aliphatic carbocycles. The highest BCUT2D eigenvalue weighted by molar-refractivity contribution is 6.48. The third-order valence-corrected chi connectivity index (χ3v) is 3.01. The molecule has 4 nitrogen and oxygen atoms in total. The number of hydrogen-bond donors (Lipinski definition) is 1. The van der Waals surface area contributed by atoms with E-state index in [1.54, 1.807) is 6.55 Å². The minimum Gasteiger partial charge on any atom is -0.418 e. The van der Waals surface area contributed by atoms with Crippen LogP contribution in [0.25, 0.3) is 0 Å². The van der Waals surface area contributed by atoms with Crippen molar-refractivity contribution in [2.75, 3.05) is 13.2 Å². The maximum Gasteiger partial charge on any atom is 0.315 e. The molecule has 1 unspecified atom stereocenters. The second-order valence-corrected chi connectivity index (χ2v) is 7.35. The molecule has 0 heterocycles. The van der Waals surface area contributed by atoms with Crippen molar-refractivity contribution in [1.82, 2.24) is 0 Å². The standard InChI is InChI=1S/C5H16O3Si2.C4H10.H2O/c1-9(2)7-4-5-8-10(3)6;1-3-4-2;/h6,9-10H,4-5H2,1-3H3;3-4H2,1-2H3;1H2. The third-order valence-electron chi connectivity index (χ3n) is 1.39. The fourth-order valence-corrected chi connectivity index (χ4v) is 1.51. The Morgan fingerprint density at radius 1 is 0.933 bits per heavy atom. The first-order valence-corrected chi connectivity index (χ1v) is 10.4. The van der Waals surface area contributed by atoms with Crippen LogP contribution in [0, 0.1) is 0 Å². The van der Waals surface area contributed by atoms with E-state index in [4.69, 9.17) is 13.6 Å². The number of unbranched alkanes of at least 4 members (excludes halogenated alkanes) is 1. The summed E-state index contributed by atoms with van der Waals surface area (Å²) in [4.78, 5) is 8.79. The fraction of sp³-hybridized carbons (Fsp3) is 1.00.